The third-order valence-corrected chi connectivity index (χ3v) is 7.46. The first-order valence-corrected chi connectivity index (χ1v) is 11.8. The van der Waals surface area contributed by atoms with Crippen LogP contribution < -0.4 is 11.1 Å². The van der Waals surface area contributed by atoms with Gasteiger partial charge in [0.05, 0.1) is 30.1 Å². The fourth-order valence-corrected chi connectivity index (χ4v) is 5.29. The highest BCUT2D eigenvalue weighted by atomic mass is 19.1. The smallest absolute Gasteiger partial charge is 0.234 e. The van der Waals surface area contributed by atoms with Crippen molar-refractivity contribution in [2.75, 3.05) is 0 Å². The van der Waals surface area contributed by atoms with E-state index in [1.165, 1.54) is 17.0 Å². The maximum absolute atomic E-state index is 14.5. The summed E-state index contributed by atoms with van der Waals surface area (Å²) in [6, 6.07) is 11.4. The lowest BCUT2D eigenvalue weighted by Crippen LogP contribution is -2.55. The van der Waals surface area contributed by atoms with E-state index in [4.69, 9.17) is 5.73 Å². The molecular weight excluding hydrogens is 435 g/mol. The number of carbonyl (C=O) groups is 1. The standard InChI is InChI=1S/C26H33FN4O3/c1-4-26(5-2)15(3)24(34)31(25(28)30-26)14-16-10-18(12-19(27)11-16)23(33)29-22-20-9-7-6-8-17(20)13-21(22)32/h6-12,15,21-23,29,32-33H,4-5,13-14H2,1-3H3,(H2,28,30)/t15?,21-,22?,23?/m1/s1. The summed E-state index contributed by atoms with van der Waals surface area (Å²) in [6.07, 6.45) is -0.0255. The lowest BCUT2D eigenvalue weighted by molar-refractivity contribution is -0.135. The summed E-state index contributed by atoms with van der Waals surface area (Å²) < 4.78 is 14.5. The van der Waals surface area contributed by atoms with Gasteiger partial charge in [-0.15, -0.1) is 0 Å². The number of aliphatic imine (C=N–C) groups is 1. The summed E-state index contributed by atoms with van der Waals surface area (Å²) in [5, 5.41) is 24.3. The Labute approximate surface area is 199 Å². The van der Waals surface area contributed by atoms with Crippen LogP contribution in [0.4, 0.5) is 4.39 Å². The summed E-state index contributed by atoms with van der Waals surface area (Å²) in [7, 11) is 0. The zero-order valence-electron chi connectivity index (χ0n) is 19.8. The minimum atomic E-state index is -1.21. The molecule has 4 atom stereocenters. The number of aliphatic hydroxyl groups is 2. The Bertz CT molecular complexity index is 1100. The molecule has 5 N–H and O–H groups in total. The molecule has 0 saturated heterocycles. The summed E-state index contributed by atoms with van der Waals surface area (Å²) in [5.41, 5.74) is 8.38. The maximum Gasteiger partial charge on any atom is 0.234 e. The highest BCUT2D eigenvalue weighted by Crippen LogP contribution is 2.36. The van der Waals surface area contributed by atoms with Crippen LogP contribution in [0.25, 0.3) is 0 Å². The van der Waals surface area contributed by atoms with E-state index in [-0.39, 0.29) is 24.3 Å². The van der Waals surface area contributed by atoms with Crippen molar-refractivity contribution >= 4 is 11.9 Å². The first-order chi connectivity index (χ1) is 16.2. The van der Waals surface area contributed by atoms with Gasteiger partial charge in [-0.05, 0) is 53.3 Å². The topological polar surface area (TPSA) is 111 Å². The van der Waals surface area contributed by atoms with Crippen molar-refractivity contribution in [3.63, 3.8) is 0 Å². The Balaban J connectivity index is 1.55. The van der Waals surface area contributed by atoms with E-state index < -0.39 is 29.7 Å². The fraction of sp³-hybridized carbons (Fsp3) is 0.462. The second kappa shape index (κ2) is 9.44. The van der Waals surface area contributed by atoms with Crippen LogP contribution in [0.1, 0.15) is 68.1 Å². The van der Waals surface area contributed by atoms with Crippen molar-refractivity contribution in [3.8, 4) is 0 Å². The van der Waals surface area contributed by atoms with Crippen molar-refractivity contribution < 1.29 is 19.4 Å². The Morgan fingerprint density at radius 3 is 2.68 bits per heavy atom. The average molecular weight is 469 g/mol. The van der Waals surface area contributed by atoms with Gasteiger partial charge in [0, 0.05) is 6.42 Å². The summed E-state index contributed by atoms with van der Waals surface area (Å²) in [4.78, 5) is 19.2. The van der Waals surface area contributed by atoms with E-state index in [0.717, 1.165) is 11.1 Å². The highest BCUT2D eigenvalue weighted by molar-refractivity contribution is 6.00. The molecule has 2 aromatic rings. The quantitative estimate of drug-likeness (QED) is 0.467. The lowest BCUT2D eigenvalue weighted by Gasteiger charge is -2.41. The van der Waals surface area contributed by atoms with Crippen LogP contribution >= 0.6 is 0 Å². The predicted molar refractivity (Wildman–Crippen MR) is 128 cm³/mol. The van der Waals surface area contributed by atoms with Gasteiger partial charge >= 0.3 is 0 Å². The molecule has 0 radical (unpaired) electrons. The Morgan fingerprint density at radius 1 is 1.26 bits per heavy atom. The molecule has 4 rings (SSSR count). The normalized spacial score (nSPS) is 24.6. The first-order valence-electron chi connectivity index (χ1n) is 11.8. The largest absolute Gasteiger partial charge is 0.391 e. The molecule has 2 aliphatic rings. The maximum atomic E-state index is 14.5. The minimum absolute atomic E-state index is 0.0500. The van der Waals surface area contributed by atoms with Crippen LogP contribution in [0.5, 0.6) is 0 Å². The number of hydrogen-bond donors (Lipinski definition) is 4. The number of nitrogens with zero attached hydrogens (tertiary/aromatic N) is 2. The number of fused-ring (bicyclic) bond motifs is 1. The Morgan fingerprint density at radius 2 is 1.97 bits per heavy atom. The zero-order valence-corrected chi connectivity index (χ0v) is 19.8. The Hall–Kier alpha value is -2.81. The third-order valence-electron chi connectivity index (χ3n) is 7.46. The monoisotopic (exact) mass is 468 g/mol. The molecule has 0 aromatic heterocycles. The van der Waals surface area contributed by atoms with Crippen LogP contribution in [0.15, 0.2) is 47.5 Å². The van der Waals surface area contributed by atoms with Crippen LogP contribution in [0.2, 0.25) is 0 Å². The summed E-state index contributed by atoms with van der Waals surface area (Å²) in [6.45, 7) is 5.89. The van der Waals surface area contributed by atoms with E-state index in [1.54, 1.807) is 6.07 Å². The molecule has 3 unspecified atom stereocenters. The van der Waals surface area contributed by atoms with Gasteiger partial charge in [-0.25, -0.2) is 9.38 Å². The van der Waals surface area contributed by atoms with Crippen LogP contribution in [0, 0.1) is 11.7 Å². The van der Waals surface area contributed by atoms with Crippen molar-refractivity contribution in [2.24, 2.45) is 16.6 Å². The number of nitrogens with one attached hydrogen (secondary N) is 1. The number of aliphatic hydroxyl groups excluding tert-OH is 2. The van der Waals surface area contributed by atoms with Crippen molar-refractivity contribution in [2.45, 2.75) is 70.5 Å². The number of halogens is 1. The molecule has 1 aliphatic carbocycles. The van der Waals surface area contributed by atoms with E-state index in [0.29, 0.717) is 30.4 Å². The third kappa shape index (κ3) is 4.33. The molecular formula is C26H33FN4O3. The molecule has 1 aliphatic heterocycles. The van der Waals surface area contributed by atoms with E-state index in [2.05, 4.69) is 10.3 Å². The van der Waals surface area contributed by atoms with Gasteiger partial charge in [0.25, 0.3) is 0 Å². The second-order valence-electron chi connectivity index (χ2n) is 9.34. The number of nitrogens with two attached hydrogens (primary N) is 1. The molecule has 0 saturated carbocycles. The summed E-state index contributed by atoms with van der Waals surface area (Å²) in [5.74, 6) is -0.905. The van der Waals surface area contributed by atoms with E-state index in [9.17, 15) is 19.4 Å². The summed E-state index contributed by atoms with van der Waals surface area (Å²) >= 11 is 0. The van der Waals surface area contributed by atoms with Gasteiger partial charge in [0.2, 0.25) is 5.91 Å². The van der Waals surface area contributed by atoms with Crippen LogP contribution in [-0.2, 0) is 17.8 Å². The highest BCUT2D eigenvalue weighted by Gasteiger charge is 2.44. The molecule has 0 fully saturated rings. The zero-order chi connectivity index (χ0) is 24.6. The van der Waals surface area contributed by atoms with E-state index >= 15 is 0 Å². The molecule has 8 heteroatoms. The predicted octanol–water partition coefficient (Wildman–Crippen LogP) is 2.92. The van der Waals surface area contributed by atoms with Crippen LogP contribution in [0.3, 0.4) is 0 Å². The fourth-order valence-electron chi connectivity index (χ4n) is 5.29. The molecule has 7 nitrogen and oxygen atoms in total. The molecule has 182 valence electrons. The van der Waals surface area contributed by atoms with E-state index in [1.807, 2.05) is 45.0 Å². The van der Waals surface area contributed by atoms with Gasteiger partial charge in [-0.1, -0.05) is 45.0 Å². The number of hydrogen-bond acceptors (Lipinski definition) is 6. The van der Waals surface area contributed by atoms with Gasteiger partial charge in [-0.3, -0.25) is 15.0 Å². The number of carbonyl (C=O) groups excluding carboxylic acids is 1. The van der Waals surface area contributed by atoms with Crippen molar-refractivity contribution in [3.05, 3.63) is 70.5 Å². The van der Waals surface area contributed by atoms with Gasteiger partial charge in [-0.2, -0.15) is 0 Å². The molecule has 1 amide bonds. The van der Waals surface area contributed by atoms with Crippen LogP contribution in [-0.4, -0.2) is 38.6 Å². The second-order valence-corrected chi connectivity index (χ2v) is 9.34. The molecule has 2 aromatic carbocycles. The van der Waals surface area contributed by atoms with Crippen molar-refractivity contribution in [1.82, 2.24) is 10.2 Å². The molecule has 0 bridgehead atoms. The minimum Gasteiger partial charge on any atom is -0.391 e. The number of rotatable bonds is 7. The molecule has 0 spiro atoms. The lowest BCUT2D eigenvalue weighted by atomic mass is 9.79. The number of benzene rings is 2. The SMILES string of the molecule is CCC1(CC)N=C(N)N(Cc2cc(F)cc(C(O)NC3c4ccccc4C[C@H]3O)c2)C(=O)C1C. The van der Waals surface area contributed by atoms with Gasteiger partial charge < -0.3 is 15.9 Å². The molecule has 1 heterocycles. The average Bonchev–Trinajstić information content (AvgIpc) is 3.13. The molecule has 34 heavy (non-hydrogen) atoms. The van der Waals surface area contributed by atoms with Gasteiger partial charge in [0.1, 0.15) is 12.0 Å². The number of amides is 1. The van der Waals surface area contributed by atoms with Gasteiger partial charge in [0.15, 0.2) is 5.96 Å². The number of guanidine groups is 1. The van der Waals surface area contributed by atoms with Crippen molar-refractivity contribution in [1.29, 1.82) is 0 Å². The Kier molecular flexibility index (Phi) is 6.75. The first kappa shape index (κ1) is 24.3.